The van der Waals surface area contributed by atoms with Crippen molar-refractivity contribution in [2.24, 2.45) is 5.18 Å². The Morgan fingerprint density at radius 2 is 2.08 bits per heavy atom. The Hall–Kier alpha value is -1.97. The molecule has 0 fully saturated rings. The normalized spacial score (nSPS) is 10.2. The van der Waals surface area contributed by atoms with Crippen molar-refractivity contribution < 1.29 is 5.11 Å². The third-order valence-corrected chi connectivity index (χ3v) is 1.87. The van der Waals surface area contributed by atoms with Gasteiger partial charge in [-0.05, 0) is 23.4 Å². The van der Waals surface area contributed by atoms with Crippen molar-refractivity contribution in [3.63, 3.8) is 0 Å². The molecule has 1 N–H and O–H groups in total. The van der Waals surface area contributed by atoms with E-state index >= 15 is 0 Å². The fraction of sp³-hybridized carbons (Fsp3) is 0. The highest BCUT2D eigenvalue weighted by Gasteiger charge is 2.04. The average molecular weight is 174 g/mol. The molecule has 0 saturated heterocycles. The predicted molar refractivity (Wildman–Crippen MR) is 48.9 cm³/mol. The molecule has 2 rings (SSSR count). The molecule has 0 aliphatic carbocycles. The fourth-order valence-corrected chi connectivity index (χ4v) is 1.24. The summed E-state index contributed by atoms with van der Waals surface area (Å²) in [5.74, 6) is 0.129. The zero-order chi connectivity index (χ0) is 9.26. The molecule has 0 amide bonds. The maximum absolute atomic E-state index is 10.4. The molecule has 1 aromatic carbocycles. The van der Waals surface area contributed by atoms with E-state index in [9.17, 15) is 10.0 Å². The summed E-state index contributed by atoms with van der Waals surface area (Å²) in [6.07, 6.45) is 3.06. The summed E-state index contributed by atoms with van der Waals surface area (Å²) in [7, 11) is 0. The summed E-state index contributed by atoms with van der Waals surface area (Å²) >= 11 is 0. The Balaban J connectivity index is 2.92. The summed E-state index contributed by atoms with van der Waals surface area (Å²) in [6.45, 7) is 0. The lowest BCUT2D eigenvalue weighted by Gasteiger charge is -2.00. The highest BCUT2D eigenvalue weighted by Crippen LogP contribution is 2.31. The topological polar surface area (TPSA) is 62.5 Å². The number of pyridine rings is 1. The number of rotatable bonds is 1. The van der Waals surface area contributed by atoms with E-state index in [1.54, 1.807) is 12.3 Å². The number of hydrogen-bond acceptors (Lipinski definition) is 4. The van der Waals surface area contributed by atoms with E-state index in [0.29, 0.717) is 16.5 Å². The van der Waals surface area contributed by atoms with E-state index in [1.165, 1.54) is 18.3 Å². The van der Waals surface area contributed by atoms with E-state index in [1.807, 2.05) is 0 Å². The van der Waals surface area contributed by atoms with Crippen molar-refractivity contribution in [3.05, 3.63) is 35.5 Å². The van der Waals surface area contributed by atoms with Crippen LogP contribution < -0.4 is 0 Å². The van der Waals surface area contributed by atoms with Gasteiger partial charge in [-0.2, -0.15) is 0 Å². The molecular formula is C9H6N2O2. The first kappa shape index (κ1) is 7.67. The molecule has 0 atom stereocenters. The fourth-order valence-electron chi connectivity index (χ4n) is 1.24. The number of benzene rings is 1. The zero-order valence-electron chi connectivity index (χ0n) is 6.64. The molecule has 0 aliphatic rings. The smallest absolute Gasteiger partial charge is 0.123 e. The SMILES string of the molecule is O=Nc1ccc(O)c2ccncc12. The third-order valence-electron chi connectivity index (χ3n) is 1.87. The van der Waals surface area contributed by atoms with Crippen LogP contribution in [0.5, 0.6) is 5.75 Å². The second-order valence-electron chi connectivity index (χ2n) is 2.62. The van der Waals surface area contributed by atoms with Crippen LogP contribution in [-0.2, 0) is 0 Å². The van der Waals surface area contributed by atoms with Crippen LogP contribution in [0, 0.1) is 4.91 Å². The minimum atomic E-state index is 0.129. The highest BCUT2D eigenvalue weighted by molar-refractivity contribution is 5.95. The summed E-state index contributed by atoms with van der Waals surface area (Å²) in [6, 6.07) is 4.55. The minimum Gasteiger partial charge on any atom is -0.507 e. The van der Waals surface area contributed by atoms with Crippen molar-refractivity contribution in [3.8, 4) is 5.75 Å². The molecule has 0 spiro atoms. The Bertz CT molecular complexity index is 468. The number of nitrogens with zero attached hydrogens (tertiary/aromatic N) is 2. The summed E-state index contributed by atoms with van der Waals surface area (Å²) in [4.78, 5) is 14.2. The number of fused-ring (bicyclic) bond motifs is 1. The van der Waals surface area contributed by atoms with Gasteiger partial charge in [-0.25, -0.2) is 0 Å². The van der Waals surface area contributed by atoms with Gasteiger partial charge in [-0.15, -0.1) is 4.91 Å². The summed E-state index contributed by atoms with van der Waals surface area (Å²) < 4.78 is 0. The Morgan fingerprint density at radius 1 is 1.23 bits per heavy atom. The van der Waals surface area contributed by atoms with Crippen LogP contribution in [0.15, 0.2) is 35.8 Å². The molecule has 64 valence electrons. The second kappa shape index (κ2) is 2.82. The van der Waals surface area contributed by atoms with Gasteiger partial charge in [-0.1, -0.05) is 0 Å². The number of aromatic hydroxyl groups is 1. The Labute approximate surface area is 73.8 Å². The molecule has 0 unspecified atom stereocenters. The molecule has 4 heteroatoms. The zero-order valence-corrected chi connectivity index (χ0v) is 6.64. The van der Waals surface area contributed by atoms with Crippen LogP contribution in [0.3, 0.4) is 0 Å². The largest absolute Gasteiger partial charge is 0.507 e. The molecule has 0 bridgehead atoms. The first-order valence-electron chi connectivity index (χ1n) is 3.72. The molecule has 1 heterocycles. The predicted octanol–water partition coefficient (Wildman–Crippen LogP) is 2.34. The highest BCUT2D eigenvalue weighted by atomic mass is 16.3. The quantitative estimate of drug-likeness (QED) is 0.675. The number of phenols is 1. The number of phenolic OH excluding ortho intramolecular Hbond substituents is 1. The Kier molecular flexibility index (Phi) is 1.66. The van der Waals surface area contributed by atoms with Gasteiger partial charge in [0.15, 0.2) is 0 Å². The monoisotopic (exact) mass is 174 g/mol. The van der Waals surface area contributed by atoms with E-state index in [-0.39, 0.29) is 5.75 Å². The average Bonchev–Trinajstić information content (AvgIpc) is 2.19. The van der Waals surface area contributed by atoms with Gasteiger partial charge in [0.05, 0.1) is 0 Å². The van der Waals surface area contributed by atoms with Crippen molar-refractivity contribution >= 4 is 16.5 Å². The van der Waals surface area contributed by atoms with Crippen LogP contribution >= 0.6 is 0 Å². The lowest BCUT2D eigenvalue weighted by atomic mass is 10.1. The third kappa shape index (κ3) is 1.12. The molecule has 4 nitrogen and oxygen atoms in total. The first-order chi connectivity index (χ1) is 6.33. The summed E-state index contributed by atoms with van der Waals surface area (Å²) in [5, 5.41) is 13.4. The molecular weight excluding hydrogens is 168 g/mol. The van der Waals surface area contributed by atoms with Crippen molar-refractivity contribution in [1.82, 2.24) is 4.98 Å². The molecule has 2 aromatic rings. The van der Waals surface area contributed by atoms with E-state index in [4.69, 9.17) is 0 Å². The first-order valence-corrected chi connectivity index (χ1v) is 3.72. The van der Waals surface area contributed by atoms with Crippen LogP contribution in [0.4, 0.5) is 5.69 Å². The molecule has 0 radical (unpaired) electrons. The van der Waals surface area contributed by atoms with Crippen molar-refractivity contribution in [2.45, 2.75) is 0 Å². The van der Waals surface area contributed by atoms with E-state index in [2.05, 4.69) is 10.2 Å². The Morgan fingerprint density at radius 3 is 2.85 bits per heavy atom. The maximum atomic E-state index is 10.4. The molecule has 1 aromatic heterocycles. The van der Waals surface area contributed by atoms with Crippen LogP contribution in [0.2, 0.25) is 0 Å². The molecule has 0 aliphatic heterocycles. The van der Waals surface area contributed by atoms with E-state index in [0.717, 1.165) is 0 Å². The molecule has 0 saturated carbocycles. The standard InChI is InChI=1S/C9H6N2O2/c12-9-2-1-8(11-13)7-5-10-4-3-6(7)9/h1-5,12H. The van der Waals surface area contributed by atoms with Crippen LogP contribution in [0.25, 0.3) is 10.8 Å². The van der Waals surface area contributed by atoms with Gasteiger partial charge >= 0.3 is 0 Å². The number of hydrogen-bond donors (Lipinski definition) is 1. The second-order valence-corrected chi connectivity index (χ2v) is 2.62. The lowest BCUT2D eigenvalue weighted by molar-refractivity contribution is 0.481. The minimum absolute atomic E-state index is 0.129. The van der Waals surface area contributed by atoms with Gasteiger partial charge in [0.25, 0.3) is 0 Å². The van der Waals surface area contributed by atoms with Gasteiger partial charge in [-0.3, -0.25) is 4.98 Å². The van der Waals surface area contributed by atoms with Gasteiger partial charge in [0.2, 0.25) is 0 Å². The van der Waals surface area contributed by atoms with Crippen LogP contribution in [-0.4, -0.2) is 10.1 Å². The summed E-state index contributed by atoms with van der Waals surface area (Å²) in [5.41, 5.74) is 0.293. The van der Waals surface area contributed by atoms with Crippen molar-refractivity contribution in [1.29, 1.82) is 0 Å². The van der Waals surface area contributed by atoms with Crippen LogP contribution in [0.1, 0.15) is 0 Å². The lowest BCUT2D eigenvalue weighted by Crippen LogP contribution is -1.76. The van der Waals surface area contributed by atoms with E-state index < -0.39 is 0 Å². The van der Waals surface area contributed by atoms with Gasteiger partial charge in [0.1, 0.15) is 11.4 Å². The number of aromatic nitrogens is 1. The van der Waals surface area contributed by atoms with Gasteiger partial charge in [0, 0.05) is 23.2 Å². The van der Waals surface area contributed by atoms with Gasteiger partial charge < -0.3 is 5.11 Å². The molecule has 13 heavy (non-hydrogen) atoms. The van der Waals surface area contributed by atoms with Crippen molar-refractivity contribution in [2.75, 3.05) is 0 Å². The number of nitroso groups, excluding NO2 is 1. The maximum Gasteiger partial charge on any atom is 0.123 e.